The predicted molar refractivity (Wildman–Crippen MR) is 64.9 cm³/mol. The number of alkyl halides is 3. The summed E-state index contributed by atoms with van der Waals surface area (Å²) in [5.41, 5.74) is 10.4. The highest BCUT2D eigenvalue weighted by atomic mass is 19.4. The molecule has 0 radical (unpaired) electrons. The third-order valence-electron chi connectivity index (χ3n) is 3.34. The van der Waals surface area contributed by atoms with Gasteiger partial charge in [-0.3, -0.25) is 10.6 Å². The fraction of sp³-hybridized carbons (Fsp3) is 0.700. The van der Waals surface area contributed by atoms with Crippen LogP contribution < -0.4 is 16.8 Å². The van der Waals surface area contributed by atoms with Crippen molar-refractivity contribution in [1.29, 1.82) is 0 Å². The van der Waals surface area contributed by atoms with Crippen molar-refractivity contribution >= 4 is 5.96 Å². The number of nitrogens with two attached hydrogens (primary N) is 2. The minimum Gasteiger partial charge on any atom is -0.370 e. The van der Waals surface area contributed by atoms with Crippen LogP contribution in [0.25, 0.3) is 0 Å². The van der Waals surface area contributed by atoms with Crippen molar-refractivity contribution in [3.63, 3.8) is 0 Å². The first-order valence-corrected chi connectivity index (χ1v) is 5.85. The second-order valence-corrected chi connectivity index (χ2v) is 4.71. The van der Waals surface area contributed by atoms with Gasteiger partial charge < -0.3 is 16.0 Å². The van der Waals surface area contributed by atoms with Gasteiger partial charge in [0.15, 0.2) is 5.96 Å². The summed E-state index contributed by atoms with van der Waals surface area (Å²) in [5.74, 6) is -2.07. The average molecular weight is 278 g/mol. The van der Waals surface area contributed by atoms with Crippen LogP contribution in [-0.4, -0.2) is 60.9 Å². The van der Waals surface area contributed by atoms with E-state index in [1.165, 1.54) is 4.90 Å². The second-order valence-electron chi connectivity index (χ2n) is 4.71. The van der Waals surface area contributed by atoms with Gasteiger partial charge in [-0.15, -0.1) is 0 Å². The third kappa shape index (κ3) is 2.67. The zero-order valence-electron chi connectivity index (χ0n) is 10.5. The Morgan fingerprint density at radius 1 is 1.32 bits per heavy atom. The minimum absolute atomic E-state index is 0.116. The summed E-state index contributed by atoms with van der Waals surface area (Å²) in [6, 6.07) is 0. The van der Waals surface area contributed by atoms with Gasteiger partial charge in [0.25, 0.3) is 0 Å². The Hall–Kier alpha value is -1.32. The summed E-state index contributed by atoms with van der Waals surface area (Å²) in [7, 11) is 1.90. The highest BCUT2D eigenvalue weighted by Gasteiger charge is 2.51. The molecule has 0 aromatic carbocycles. The van der Waals surface area contributed by atoms with E-state index in [1.807, 2.05) is 11.9 Å². The van der Waals surface area contributed by atoms with Crippen LogP contribution in [0.2, 0.25) is 0 Å². The van der Waals surface area contributed by atoms with Crippen LogP contribution in [0.4, 0.5) is 13.2 Å². The molecule has 0 aromatic rings. The van der Waals surface area contributed by atoms with Crippen LogP contribution in [-0.2, 0) is 0 Å². The Balaban J connectivity index is 2.31. The van der Waals surface area contributed by atoms with Crippen LogP contribution in [0, 0.1) is 0 Å². The maximum absolute atomic E-state index is 13.1. The van der Waals surface area contributed by atoms with Gasteiger partial charge in [0.1, 0.15) is 5.57 Å². The maximum atomic E-state index is 13.1. The molecule has 0 saturated carbocycles. The van der Waals surface area contributed by atoms with Crippen molar-refractivity contribution in [2.24, 2.45) is 16.5 Å². The lowest BCUT2D eigenvalue weighted by molar-refractivity contribution is -0.114. The fourth-order valence-electron chi connectivity index (χ4n) is 2.21. The van der Waals surface area contributed by atoms with Crippen molar-refractivity contribution in [1.82, 2.24) is 15.1 Å². The monoisotopic (exact) mass is 278 g/mol. The molecule has 0 aromatic heterocycles. The molecule has 2 heterocycles. The maximum Gasteiger partial charge on any atom is 0.419 e. The van der Waals surface area contributed by atoms with Gasteiger partial charge in [-0.25, -0.2) is 4.99 Å². The van der Waals surface area contributed by atoms with Crippen LogP contribution >= 0.6 is 0 Å². The van der Waals surface area contributed by atoms with E-state index in [9.17, 15) is 13.2 Å². The lowest BCUT2D eigenvalue weighted by Crippen LogP contribution is -2.65. The molecule has 1 fully saturated rings. The first kappa shape index (κ1) is 14.1. The van der Waals surface area contributed by atoms with Crippen LogP contribution in [0.3, 0.4) is 0 Å². The molecule has 2 aliphatic heterocycles. The SMILES string of the molecule is CN1CCN(C2(N)N=C(N)NC=C2C(F)(F)F)CC1. The van der Waals surface area contributed by atoms with Gasteiger partial charge in [-0.2, -0.15) is 13.2 Å². The summed E-state index contributed by atoms with van der Waals surface area (Å²) in [5, 5.41) is 2.27. The number of likely N-dealkylation sites (N-methyl/N-ethyl adjacent to an activating group) is 1. The average Bonchev–Trinajstić information content (AvgIpc) is 2.27. The molecule has 2 rings (SSSR count). The molecule has 6 nitrogen and oxygen atoms in total. The number of piperazine rings is 1. The van der Waals surface area contributed by atoms with Crippen molar-refractivity contribution in [2.75, 3.05) is 33.2 Å². The van der Waals surface area contributed by atoms with E-state index in [4.69, 9.17) is 11.5 Å². The molecule has 0 spiro atoms. The number of hydrogen-bond acceptors (Lipinski definition) is 6. The lowest BCUT2D eigenvalue weighted by Gasteiger charge is -2.44. The molecule has 108 valence electrons. The van der Waals surface area contributed by atoms with Gasteiger partial charge in [-0.1, -0.05) is 0 Å². The van der Waals surface area contributed by atoms with Crippen LogP contribution in [0.1, 0.15) is 0 Å². The lowest BCUT2D eigenvalue weighted by atomic mass is 10.1. The molecule has 0 amide bonds. The first-order valence-electron chi connectivity index (χ1n) is 5.85. The summed E-state index contributed by atoms with van der Waals surface area (Å²) in [6.45, 7) is 2.06. The number of nitrogens with one attached hydrogen (secondary N) is 1. The molecule has 19 heavy (non-hydrogen) atoms. The zero-order chi connectivity index (χ0) is 14.3. The van der Waals surface area contributed by atoms with Gasteiger partial charge >= 0.3 is 6.18 Å². The molecular formula is C10H17F3N6. The van der Waals surface area contributed by atoms with Crippen molar-refractivity contribution < 1.29 is 13.2 Å². The summed E-state index contributed by atoms with van der Waals surface area (Å²) < 4.78 is 39.2. The van der Waals surface area contributed by atoms with E-state index in [0.29, 0.717) is 26.2 Å². The Kier molecular flexibility index (Phi) is 3.45. The van der Waals surface area contributed by atoms with E-state index >= 15 is 0 Å². The number of aliphatic imine (C=N–C) groups is 1. The van der Waals surface area contributed by atoms with Gasteiger partial charge in [0, 0.05) is 32.4 Å². The molecule has 1 atom stereocenters. The Labute approximate surface area is 108 Å². The van der Waals surface area contributed by atoms with E-state index in [-0.39, 0.29) is 5.96 Å². The summed E-state index contributed by atoms with van der Waals surface area (Å²) >= 11 is 0. The van der Waals surface area contributed by atoms with E-state index < -0.39 is 17.5 Å². The topological polar surface area (TPSA) is 82.9 Å². The molecule has 0 aliphatic carbocycles. The number of nitrogens with zero attached hydrogens (tertiary/aromatic N) is 3. The molecule has 5 N–H and O–H groups in total. The van der Waals surface area contributed by atoms with E-state index in [0.717, 1.165) is 6.20 Å². The fourth-order valence-corrected chi connectivity index (χ4v) is 2.21. The summed E-state index contributed by atoms with van der Waals surface area (Å²) in [6.07, 6.45) is -3.77. The van der Waals surface area contributed by atoms with E-state index in [2.05, 4.69) is 10.3 Å². The molecule has 0 bridgehead atoms. The van der Waals surface area contributed by atoms with Crippen LogP contribution in [0.15, 0.2) is 16.8 Å². The zero-order valence-corrected chi connectivity index (χ0v) is 10.5. The standard InChI is InChI=1S/C10H17F3N6/c1-18-2-4-19(5-3-18)10(15)7(9(11,12)13)6-16-8(14)17-10/h6H,2-5,15H2,1H3,(H3,14,16,17). The number of halogens is 3. The normalized spacial score (nSPS) is 30.6. The van der Waals surface area contributed by atoms with E-state index in [1.54, 1.807) is 0 Å². The van der Waals surface area contributed by atoms with Crippen molar-refractivity contribution in [3.05, 3.63) is 11.8 Å². The largest absolute Gasteiger partial charge is 0.419 e. The van der Waals surface area contributed by atoms with Gasteiger partial charge in [0.2, 0.25) is 5.79 Å². The van der Waals surface area contributed by atoms with Gasteiger partial charge in [0.05, 0.1) is 0 Å². The number of rotatable bonds is 1. The highest BCUT2D eigenvalue weighted by molar-refractivity contribution is 5.81. The van der Waals surface area contributed by atoms with Crippen molar-refractivity contribution in [2.45, 2.75) is 12.0 Å². The smallest absolute Gasteiger partial charge is 0.370 e. The quantitative estimate of drug-likeness (QED) is 0.585. The van der Waals surface area contributed by atoms with Crippen molar-refractivity contribution in [3.8, 4) is 0 Å². The second kappa shape index (κ2) is 4.66. The molecule has 2 aliphatic rings. The first-order chi connectivity index (χ1) is 8.73. The molecular weight excluding hydrogens is 261 g/mol. The molecule has 1 saturated heterocycles. The van der Waals surface area contributed by atoms with Crippen LogP contribution in [0.5, 0.6) is 0 Å². The Bertz CT molecular complexity index is 410. The third-order valence-corrected chi connectivity index (χ3v) is 3.34. The Morgan fingerprint density at radius 2 is 1.89 bits per heavy atom. The highest BCUT2D eigenvalue weighted by Crippen LogP contribution is 2.36. The molecule has 1 unspecified atom stereocenters. The number of guanidine groups is 1. The number of hydrogen-bond donors (Lipinski definition) is 3. The predicted octanol–water partition coefficient (Wildman–Crippen LogP) is -0.790. The summed E-state index contributed by atoms with van der Waals surface area (Å²) in [4.78, 5) is 7.31. The minimum atomic E-state index is -4.56. The van der Waals surface area contributed by atoms with Gasteiger partial charge in [-0.05, 0) is 7.05 Å². The molecule has 9 heteroatoms. The Morgan fingerprint density at radius 3 is 2.42 bits per heavy atom.